The van der Waals surface area contributed by atoms with E-state index in [4.69, 9.17) is 16.7 Å². The van der Waals surface area contributed by atoms with E-state index >= 15 is 0 Å². The zero-order chi connectivity index (χ0) is 18.4. The van der Waals surface area contributed by atoms with Gasteiger partial charge in [0.2, 0.25) is 10.0 Å². The first-order chi connectivity index (χ1) is 11.8. The van der Waals surface area contributed by atoms with E-state index in [-0.39, 0.29) is 9.92 Å². The quantitative estimate of drug-likeness (QED) is 0.538. The van der Waals surface area contributed by atoms with E-state index in [0.29, 0.717) is 0 Å². The molecule has 3 aromatic rings. The fourth-order valence-electron chi connectivity index (χ4n) is 1.89. The Bertz CT molecular complexity index is 902. The number of hydrogen-bond donors (Lipinski definition) is 1. The van der Waals surface area contributed by atoms with E-state index in [1.54, 1.807) is 36.4 Å². The molecule has 3 rings (SSSR count). The fraction of sp³-hybridized carbons (Fsp3) is 0. The molecule has 1 aromatic carbocycles. The summed E-state index contributed by atoms with van der Waals surface area (Å²) in [4.78, 5) is -0.0401. The highest BCUT2D eigenvalue weighted by Gasteiger charge is 2.10. The number of nitrogens with zero attached hydrogens (tertiary/aromatic N) is 2. The van der Waals surface area contributed by atoms with Gasteiger partial charge in [0.15, 0.2) is 24.8 Å². The van der Waals surface area contributed by atoms with Crippen LogP contribution in [0.25, 0.3) is 11.1 Å². The summed E-state index contributed by atoms with van der Waals surface area (Å²) in [5.74, 6) is 0. The standard InChI is InChI=1S/C10H8N2O2.C6H6ClNO2S/c13-11-5-1-9(2-6-11)10-3-7-12(14)8-4-10;7-5-3-1-2-4-6(5)11(8,9)10/h1-8H;1-4H,(H2,8,9,10). The van der Waals surface area contributed by atoms with E-state index < -0.39 is 10.0 Å². The summed E-state index contributed by atoms with van der Waals surface area (Å²) >= 11 is 5.55. The summed E-state index contributed by atoms with van der Waals surface area (Å²) in [5, 5.41) is 26.5. The number of benzene rings is 1. The normalized spacial score (nSPS) is 10.6. The van der Waals surface area contributed by atoms with Gasteiger partial charge in [0, 0.05) is 24.3 Å². The highest BCUT2D eigenvalue weighted by Crippen LogP contribution is 2.18. The molecule has 0 spiro atoms. The van der Waals surface area contributed by atoms with Crippen molar-refractivity contribution < 1.29 is 17.9 Å². The molecule has 0 aliphatic carbocycles. The van der Waals surface area contributed by atoms with Gasteiger partial charge < -0.3 is 10.4 Å². The average molecular weight is 380 g/mol. The van der Waals surface area contributed by atoms with Crippen molar-refractivity contribution in [3.8, 4) is 11.1 Å². The van der Waals surface area contributed by atoms with Crippen molar-refractivity contribution in [2.45, 2.75) is 4.90 Å². The van der Waals surface area contributed by atoms with Crippen LogP contribution in [-0.4, -0.2) is 8.42 Å². The monoisotopic (exact) mass is 379 g/mol. The number of primary sulfonamides is 1. The Labute approximate surface area is 149 Å². The van der Waals surface area contributed by atoms with Gasteiger partial charge in [0.25, 0.3) is 0 Å². The van der Waals surface area contributed by atoms with Crippen LogP contribution in [0.4, 0.5) is 0 Å². The minimum absolute atomic E-state index is 0.0401. The summed E-state index contributed by atoms with van der Waals surface area (Å²) < 4.78 is 22.9. The topological polar surface area (TPSA) is 114 Å². The molecule has 0 fully saturated rings. The van der Waals surface area contributed by atoms with Gasteiger partial charge in [0.1, 0.15) is 4.90 Å². The smallest absolute Gasteiger partial charge is 0.239 e. The number of aromatic nitrogens is 2. The van der Waals surface area contributed by atoms with Crippen molar-refractivity contribution in [3.63, 3.8) is 0 Å². The molecule has 2 heterocycles. The van der Waals surface area contributed by atoms with Gasteiger partial charge in [0.05, 0.1) is 5.02 Å². The maximum absolute atomic E-state index is 10.8. The molecule has 25 heavy (non-hydrogen) atoms. The number of rotatable bonds is 2. The molecule has 0 amide bonds. The maximum atomic E-state index is 10.8. The molecule has 0 bridgehead atoms. The lowest BCUT2D eigenvalue weighted by Gasteiger charge is -2.00. The van der Waals surface area contributed by atoms with Crippen molar-refractivity contribution in [3.05, 3.63) is 88.8 Å². The second-order valence-electron chi connectivity index (χ2n) is 4.87. The number of nitrogens with two attached hydrogens (primary N) is 1. The van der Waals surface area contributed by atoms with E-state index in [0.717, 1.165) is 20.6 Å². The lowest BCUT2D eigenvalue weighted by molar-refractivity contribution is -0.605. The highest BCUT2D eigenvalue weighted by atomic mass is 35.5. The van der Waals surface area contributed by atoms with Gasteiger partial charge in [-0.05, 0) is 23.3 Å². The molecule has 0 aliphatic rings. The van der Waals surface area contributed by atoms with Gasteiger partial charge in [-0.3, -0.25) is 0 Å². The average Bonchev–Trinajstić information content (AvgIpc) is 2.56. The Hall–Kier alpha value is -2.68. The second kappa shape index (κ2) is 7.93. The Kier molecular flexibility index (Phi) is 5.92. The molecule has 7 nitrogen and oxygen atoms in total. The van der Waals surface area contributed by atoms with E-state index in [2.05, 4.69) is 0 Å². The molecular weight excluding hydrogens is 366 g/mol. The Morgan fingerprint density at radius 2 is 1.20 bits per heavy atom. The number of hydrogen-bond acceptors (Lipinski definition) is 4. The summed E-state index contributed by atoms with van der Waals surface area (Å²) in [6.07, 6.45) is 5.70. The minimum Gasteiger partial charge on any atom is -0.619 e. The molecule has 2 N–H and O–H groups in total. The summed E-state index contributed by atoms with van der Waals surface area (Å²) in [6.45, 7) is 0. The molecule has 9 heteroatoms. The zero-order valence-corrected chi connectivity index (χ0v) is 14.4. The molecule has 0 radical (unpaired) electrons. The Morgan fingerprint density at radius 3 is 1.52 bits per heavy atom. The first kappa shape index (κ1) is 18.7. The number of sulfonamides is 1. The second-order valence-corrected chi connectivity index (χ2v) is 6.81. The predicted octanol–water partition coefficient (Wildman–Crippen LogP) is 1.61. The third-order valence-electron chi connectivity index (χ3n) is 3.08. The van der Waals surface area contributed by atoms with Crippen LogP contribution < -0.4 is 14.6 Å². The molecule has 2 aromatic heterocycles. The molecule has 0 saturated carbocycles. The first-order valence-corrected chi connectivity index (χ1v) is 8.85. The van der Waals surface area contributed by atoms with Gasteiger partial charge >= 0.3 is 0 Å². The van der Waals surface area contributed by atoms with Gasteiger partial charge in [-0.2, -0.15) is 9.46 Å². The van der Waals surface area contributed by atoms with Crippen molar-refractivity contribution in [1.29, 1.82) is 0 Å². The van der Waals surface area contributed by atoms with E-state index in [9.17, 15) is 18.8 Å². The highest BCUT2D eigenvalue weighted by molar-refractivity contribution is 7.89. The summed E-state index contributed by atoms with van der Waals surface area (Å²) in [7, 11) is -3.67. The van der Waals surface area contributed by atoms with Crippen molar-refractivity contribution in [1.82, 2.24) is 0 Å². The minimum atomic E-state index is -3.67. The van der Waals surface area contributed by atoms with Crippen LogP contribution in [0.15, 0.2) is 78.2 Å². The number of pyridine rings is 2. The van der Waals surface area contributed by atoms with Crippen LogP contribution in [0.1, 0.15) is 0 Å². The van der Waals surface area contributed by atoms with Crippen molar-refractivity contribution in [2.75, 3.05) is 0 Å². The largest absolute Gasteiger partial charge is 0.619 e. The van der Waals surface area contributed by atoms with E-state index in [1.807, 2.05) is 0 Å². The van der Waals surface area contributed by atoms with Crippen LogP contribution in [0.3, 0.4) is 0 Å². The van der Waals surface area contributed by atoms with Gasteiger partial charge in [-0.25, -0.2) is 13.6 Å². The lowest BCUT2D eigenvalue weighted by Crippen LogP contribution is -2.24. The molecular formula is C16H14ClN3O4S. The number of halogens is 1. The third-order valence-corrected chi connectivity index (χ3v) is 4.49. The molecule has 0 aliphatic heterocycles. The Morgan fingerprint density at radius 1 is 0.800 bits per heavy atom. The third kappa shape index (κ3) is 5.42. The van der Waals surface area contributed by atoms with Gasteiger partial charge in [-0.15, -0.1) is 0 Å². The molecule has 0 atom stereocenters. The molecule has 0 saturated heterocycles. The maximum Gasteiger partial charge on any atom is 0.239 e. The summed E-state index contributed by atoms with van der Waals surface area (Å²) in [5.41, 5.74) is 1.83. The summed E-state index contributed by atoms with van der Waals surface area (Å²) in [6, 6.07) is 12.9. The van der Waals surface area contributed by atoms with Crippen LogP contribution in [-0.2, 0) is 10.0 Å². The molecule has 130 valence electrons. The first-order valence-electron chi connectivity index (χ1n) is 6.93. The van der Waals surface area contributed by atoms with Crippen molar-refractivity contribution >= 4 is 21.6 Å². The van der Waals surface area contributed by atoms with Crippen LogP contribution in [0.5, 0.6) is 0 Å². The van der Waals surface area contributed by atoms with Crippen molar-refractivity contribution in [2.24, 2.45) is 5.14 Å². The lowest BCUT2D eigenvalue weighted by atomic mass is 10.1. The van der Waals surface area contributed by atoms with E-state index in [1.165, 1.54) is 36.9 Å². The zero-order valence-electron chi connectivity index (χ0n) is 12.8. The van der Waals surface area contributed by atoms with Crippen LogP contribution in [0.2, 0.25) is 5.02 Å². The SMILES string of the molecule is NS(=O)(=O)c1ccccc1Cl.[O-][n+]1ccc(-c2cc[n+]([O-])cc2)cc1. The van der Waals surface area contributed by atoms with Crippen LogP contribution in [0, 0.1) is 10.4 Å². The Balaban J connectivity index is 0.000000186. The van der Waals surface area contributed by atoms with Crippen LogP contribution >= 0.6 is 11.6 Å². The predicted molar refractivity (Wildman–Crippen MR) is 92.6 cm³/mol. The fourth-order valence-corrected chi connectivity index (χ4v) is 2.95. The van der Waals surface area contributed by atoms with Gasteiger partial charge in [-0.1, -0.05) is 23.7 Å². The molecule has 0 unspecified atom stereocenters.